The van der Waals surface area contributed by atoms with Gasteiger partial charge >= 0.3 is 0 Å². The molecule has 0 spiro atoms. The molecule has 25 heavy (non-hydrogen) atoms. The smallest absolute Gasteiger partial charge is 0.214 e. The molecule has 5 nitrogen and oxygen atoms in total. The van der Waals surface area contributed by atoms with Crippen molar-refractivity contribution >= 4 is 29.1 Å². The Bertz CT molecular complexity index is 869. The van der Waals surface area contributed by atoms with Gasteiger partial charge in [0.2, 0.25) is 5.16 Å². The van der Waals surface area contributed by atoms with E-state index in [1.807, 2.05) is 12.1 Å². The van der Waals surface area contributed by atoms with Crippen LogP contribution in [0.25, 0.3) is 5.69 Å². The molecule has 1 aromatic heterocycles. The van der Waals surface area contributed by atoms with E-state index in [4.69, 9.17) is 11.6 Å². The van der Waals surface area contributed by atoms with Gasteiger partial charge in [0, 0.05) is 22.8 Å². The number of halogens is 2. The minimum atomic E-state index is -0.347. The molecule has 0 aliphatic rings. The Balaban J connectivity index is 1.54. The number of Topliss-reactive ketones (excluding diaryl/α,β-unsaturated/α-hetero) is 1. The van der Waals surface area contributed by atoms with E-state index >= 15 is 0 Å². The minimum Gasteiger partial charge on any atom is -0.294 e. The van der Waals surface area contributed by atoms with Crippen LogP contribution in [0.4, 0.5) is 4.39 Å². The van der Waals surface area contributed by atoms with E-state index in [1.54, 1.807) is 16.8 Å². The maximum atomic E-state index is 12.9. The van der Waals surface area contributed by atoms with Crippen LogP contribution in [-0.4, -0.2) is 31.7 Å². The normalized spacial score (nSPS) is 10.8. The van der Waals surface area contributed by atoms with E-state index in [9.17, 15) is 9.18 Å². The molecule has 3 aromatic rings. The lowest BCUT2D eigenvalue weighted by Crippen LogP contribution is -2.01. The van der Waals surface area contributed by atoms with Crippen molar-refractivity contribution in [1.82, 2.24) is 20.2 Å². The molecule has 0 aliphatic heterocycles. The standard InChI is InChI=1S/C17H14ClFN4OS/c18-13-3-1-4-15(11-13)23-17(20-21-22-23)25-10-2-5-16(24)12-6-8-14(19)9-7-12/h1,3-4,6-9,11H,2,5,10H2. The van der Waals surface area contributed by atoms with Crippen LogP contribution < -0.4 is 0 Å². The van der Waals surface area contributed by atoms with Gasteiger partial charge < -0.3 is 0 Å². The van der Waals surface area contributed by atoms with Crippen LogP contribution in [0.15, 0.2) is 53.7 Å². The van der Waals surface area contributed by atoms with Crippen molar-refractivity contribution in [2.24, 2.45) is 0 Å². The number of rotatable bonds is 7. The van der Waals surface area contributed by atoms with Crippen molar-refractivity contribution < 1.29 is 9.18 Å². The molecule has 0 N–H and O–H groups in total. The highest BCUT2D eigenvalue weighted by atomic mass is 35.5. The Labute approximate surface area is 153 Å². The molecule has 8 heteroatoms. The summed E-state index contributed by atoms with van der Waals surface area (Å²) in [5.74, 6) is 0.337. The predicted octanol–water partition coefficient (Wildman–Crippen LogP) is 4.21. The summed E-state index contributed by atoms with van der Waals surface area (Å²) in [5, 5.41) is 12.9. The molecule has 0 saturated carbocycles. The van der Waals surface area contributed by atoms with Crippen LogP contribution in [0, 0.1) is 5.82 Å². The molecule has 1 heterocycles. The summed E-state index contributed by atoms with van der Waals surface area (Å²) < 4.78 is 14.5. The lowest BCUT2D eigenvalue weighted by molar-refractivity contribution is 0.0982. The average Bonchev–Trinajstić information content (AvgIpc) is 3.07. The van der Waals surface area contributed by atoms with Crippen molar-refractivity contribution in [2.45, 2.75) is 18.0 Å². The first-order valence-corrected chi connectivity index (χ1v) is 8.96. The van der Waals surface area contributed by atoms with Crippen molar-refractivity contribution in [3.8, 4) is 5.69 Å². The number of benzene rings is 2. The number of ketones is 1. The molecule has 2 aromatic carbocycles. The van der Waals surface area contributed by atoms with Crippen molar-refractivity contribution in [3.63, 3.8) is 0 Å². The molecule has 0 unspecified atom stereocenters. The fraction of sp³-hybridized carbons (Fsp3) is 0.176. The topological polar surface area (TPSA) is 60.7 Å². The highest BCUT2D eigenvalue weighted by molar-refractivity contribution is 7.99. The zero-order chi connectivity index (χ0) is 17.6. The summed E-state index contributed by atoms with van der Waals surface area (Å²) in [7, 11) is 0. The largest absolute Gasteiger partial charge is 0.294 e. The molecular weight excluding hydrogens is 363 g/mol. The summed E-state index contributed by atoms with van der Waals surface area (Å²) in [6.45, 7) is 0. The van der Waals surface area contributed by atoms with Gasteiger partial charge in [0.05, 0.1) is 5.69 Å². The maximum Gasteiger partial charge on any atom is 0.214 e. The highest BCUT2D eigenvalue weighted by Crippen LogP contribution is 2.21. The van der Waals surface area contributed by atoms with Crippen LogP contribution in [-0.2, 0) is 0 Å². The summed E-state index contributed by atoms with van der Waals surface area (Å²) in [6.07, 6.45) is 1.06. The second-order valence-corrected chi connectivity index (χ2v) is 6.73. The van der Waals surface area contributed by atoms with Crippen molar-refractivity contribution in [1.29, 1.82) is 0 Å². The fourth-order valence-corrected chi connectivity index (χ4v) is 3.23. The van der Waals surface area contributed by atoms with Crippen LogP contribution in [0.1, 0.15) is 23.2 Å². The average molecular weight is 377 g/mol. The van der Waals surface area contributed by atoms with Crippen molar-refractivity contribution in [3.05, 3.63) is 64.9 Å². The SMILES string of the molecule is O=C(CCCSc1nnnn1-c1cccc(Cl)c1)c1ccc(F)cc1. The van der Waals surface area contributed by atoms with E-state index in [2.05, 4.69) is 15.5 Å². The van der Waals surface area contributed by atoms with Crippen LogP contribution in [0.5, 0.6) is 0 Å². The number of carbonyl (C=O) groups excluding carboxylic acids is 1. The Hall–Kier alpha value is -2.25. The van der Waals surface area contributed by atoms with Gasteiger partial charge in [-0.3, -0.25) is 4.79 Å². The molecule has 3 rings (SSSR count). The third-order valence-corrected chi connectivity index (χ3v) is 4.68. The van der Waals surface area contributed by atoms with Gasteiger partial charge in [-0.2, -0.15) is 4.68 Å². The van der Waals surface area contributed by atoms with Gasteiger partial charge in [-0.1, -0.05) is 29.4 Å². The molecule has 0 amide bonds. The monoisotopic (exact) mass is 376 g/mol. The second kappa shape index (κ2) is 8.22. The van der Waals surface area contributed by atoms with Crippen LogP contribution in [0.3, 0.4) is 0 Å². The third kappa shape index (κ3) is 4.64. The van der Waals surface area contributed by atoms with Gasteiger partial charge in [0.25, 0.3) is 0 Å². The van der Waals surface area contributed by atoms with E-state index in [0.29, 0.717) is 34.3 Å². The first kappa shape index (κ1) is 17.6. The molecule has 0 atom stereocenters. The van der Waals surface area contributed by atoms with E-state index in [0.717, 1.165) is 5.69 Å². The summed E-state index contributed by atoms with van der Waals surface area (Å²) in [4.78, 5) is 12.1. The lowest BCUT2D eigenvalue weighted by atomic mass is 10.1. The first-order chi connectivity index (χ1) is 12.1. The minimum absolute atomic E-state index is 0.00460. The summed E-state index contributed by atoms with van der Waals surface area (Å²) in [5.41, 5.74) is 1.30. The van der Waals surface area contributed by atoms with E-state index in [1.165, 1.54) is 36.0 Å². The summed E-state index contributed by atoms with van der Waals surface area (Å²) in [6, 6.07) is 12.8. The Morgan fingerprint density at radius 3 is 2.76 bits per heavy atom. The number of nitrogens with zero attached hydrogens (tertiary/aromatic N) is 4. The van der Waals surface area contributed by atoms with Gasteiger partial charge in [-0.05, 0) is 59.3 Å². The Morgan fingerprint density at radius 1 is 1.20 bits per heavy atom. The number of hydrogen-bond acceptors (Lipinski definition) is 5. The zero-order valence-electron chi connectivity index (χ0n) is 13.1. The lowest BCUT2D eigenvalue weighted by Gasteiger charge is -2.04. The first-order valence-electron chi connectivity index (χ1n) is 7.59. The van der Waals surface area contributed by atoms with Crippen molar-refractivity contribution in [2.75, 3.05) is 5.75 Å². The maximum absolute atomic E-state index is 12.9. The fourth-order valence-electron chi connectivity index (χ4n) is 2.22. The van der Waals surface area contributed by atoms with Gasteiger partial charge in [0.15, 0.2) is 5.78 Å². The van der Waals surface area contributed by atoms with E-state index in [-0.39, 0.29) is 11.6 Å². The quantitative estimate of drug-likeness (QED) is 0.351. The van der Waals surface area contributed by atoms with Crippen LogP contribution >= 0.6 is 23.4 Å². The highest BCUT2D eigenvalue weighted by Gasteiger charge is 2.10. The number of thioether (sulfide) groups is 1. The number of tetrazole rings is 1. The summed E-state index contributed by atoms with van der Waals surface area (Å²) >= 11 is 7.46. The second-order valence-electron chi connectivity index (χ2n) is 5.24. The van der Waals surface area contributed by atoms with E-state index < -0.39 is 0 Å². The van der Waals surface area contributed by atoms with Gasteiger partial charge in [-0.15, -0.1) is 5.10 Å². The molecular formula is C17H14ClFN4OS. The Morgan fingerprint density at radius 2 is 2.00 bits per heavy atom. The Kier molecular flexibility index (Phi) is 5.78. The number of aromatic nitrogens is 4. The molecule has 0 radical (unpaired) electrons. The van der Waals surface area contributed by atoms with Gasteiger partial charge in [-0.25, -0.2) is 4.39 Å². The third-order valence-electron chi connectivity index (χ3n) is 3.44. The molecule has 0 aliphatic carbocycles. The molecule has 0 fully saturated rings. The molecule has 128 valence electrons. The van der Waals surface area contributed by atoms with Gasteiger partial charge in [0.1, 0.15) is 5.82 Å². The number of hydrogen-bond donors (Lipinski definition) is 0. The predicted molar refractivity (Wildman–Crippen MR) is 94.9 cm³/mol. The number of carbonyl (C=O) groups is 1. The molecule has 0 bridgehead atoms. The molecule has 0 saturated heterocycles. The zero-order valence-corrected chi connectivity index (χ0v) is 14.7. The van der Waals surface area contributed by atoms with Crippen LogP contribution in [0.2, 0.25) is 5.02 Å².